The summed E-state index contributed by atoms with van der Waals surface area (Å²) in [7, 11) is 0. The summed E-state index contributed by atoms with van der Waals surface area (Å²) in [4.78, 5) is 7.79. The second-order valence-electron chi connectivity index (χ2n) is 4.45. The quantitative estimate of drug-likeness (QED) is 0.815. The molecule has 1 saturated heterocycles. The van der Waals surface area contributed by atoms with Gasteiger partial charge in [0.05, 0.1) is 23.9 Å². The monoisotopic (exact) mass is 265 g/mol. The van der Waals surface area contributed by atoms with Gasteiger partial charge in [0.25, 0.3) is 0 Å². The number of nitriles is 1. The summed E-state index contributed by atoms with van der Waals surface area (Å²) in [6.45, 7) is 6.84. The molecule has 0 N–H and O–H groups in total. The number of morpholine rings is 1. The third-order valence-electron chi connectivity index (χ3n) is 3.08. The average Bonchev–Trinajstić information content (AvgIpc) is 2.80. The van der Waals surface area contributed by atoms with Crippen LogP contribution < -0.4 is 0 Å². The van der Waals surface area contributed by atoms with Crippen molar-refractivity contribution in [2.45, 2.75) is 26.2 Å². The van der Waals surface area contributed by atoms with E-state index in [1.807, 2.05) is 0 Å². The summed E-state index contributed by atoms with van der Waals surface area (Å²) in [6, 6.07) is 2.26. The lowest BCUT2D eigenvalue weighted by Crippen LogP contribution is -2.37. The van der Waals surface area contributed by atoms with Gasteiger partial charge in [-0.05, 0) is 6.42 Å². The Morgan fingerprint density at radius 1 is 1.39 bits per heavy atom. The number of hydrogen-bond acceptors (Lipinski definition) is 5. The normalized spacial score (nSPS) is 16.7. The fourth-order valence-corrected chi connectivity index (χ4v) is 2.98. The minimum absolute atomic E-state index is 0.800. The second-order valence-corrected chi connectivity index (χ2v) is 5.53. The highest BCUT2D eigenvalue weighted by atomic mass is 32.1. The van der Waals surface area contributed by atoms with Gasteiger partial charge in [-0.15, -0.1) is 11.3 Å². The molecular weight excluding hydrogens is 246 g/mol. The fraction of sp³-hybridized carbons (Fsp3) is 0.692. The van der Waals surface area contributed by atoms with Crippen LogP contribution in [0.3, 0.4) is 0 Å². The molecule has 0 unspecified atom stereocenters. The third-order valence-corrected chi connectivity index (χ3v) is 4.14. The predicted molar refractivity (Wildman–Crippen MR) is 71.8 cm³/mol. The van der Waals surface area contributed by atoms with Crippen molar-refractivity contribution in [1.82, 2.24) is 9.88 Å². The molecule has 1 aliphatic rings. The van der Waals surface area contributed by atoms with Crippen molar-refractivity contribution in [3.05, 3.63) is 15.6 Å². The van der Waals surface area contributed by atoms with Crippen molar-refractivity contribution in [3.63, 3.8) is 0 Å². The van der Waals surface area contributed by atoms with Gasteiger partial charge < -0.3 is 4.74 Å². The minimum Gasteiger partial charge on any atom is -0.379 e. The van der Waals surface area contributed by atoms with Crippen molar-refractivity contribution >= 4 is 11.3 Å². The smallest absolute Gasteiger partial charge is 0.128 e. The lowest BCUT2D eigenvalue weighted by atomic mass is 10.2. The van der Waals surface area contributed by atoms with E-state index in [0.717, 1.165) is 67.7 Å². The Morgan fingerprint density at radius 2 is 2.17 bits per heavy atom. The zero-order valence-electron chi connectivity index (χ0n) is 10.8. The lowest BCUT2D eigenvalue weighted by molar-refractivity contribution is 0.0384. The van der Waals surface area contributed by atoms with Crippen molar-refractivity contribution in [2.24, 2.45) is 0 Å². The summed E-state index contributed by atoms with van der Waals surface area (Å²) >= 11 is 1.56. The molecule has 0 radical (unpaired) electrons. The number of rotatable bonds is 5. The molecule has 0 amide bonds. The molecule has 0 atom stereocenters. The summed E-state index contributed by atoms with van der Waals surface area (Å²) in [6.07, 6.45) is 2.90. The van der Waals surface area contributed by atoms with Crippen LogP contribution in [0.4, 0.5) is 0 Å². The molecule has 0 aromatic carbocycles. The molecule has 0 aliphatic carbocycles. The van der Waals surface area contributed by atoms with Crippen molar-refractivity contribution in [3.8, 4) is 6.07 Å². The summed E-state index contributed by atoms with van der Waals surface area (Å²) in [5.74, 6) is 0. The SMILES string of the molecule is CCCc1nc(CCN2CCOCC2)sc1C#N. The van der Waals surface area contributed by atoms with Crippen LogP contribution in [0.1, 0.15) is 28.9 Å². The number of hydrogen-bond donors (Lipinski definition) is 0. The third kappa shape index (κ3) is 3.52. The topological polar surface area (TPSA) is 49.2 Å². The average molecular weight is 265 g/mol. The van der Waals surface area contributed by atoms with E-state index in [2.05, 4.69) is 22.9 Å². The van der Waals surface area contributed by atoms with Crippen LogP contribution in [0.15, 0.2) is 0 Å². The standard InChI is InChI=1S/C13H19N3OS/c1-2-3-11-12(10-14)18-13(15-11)4-5-16-6-8-17-9-7-16/h2-9H2,1H3. The van der Waals surface area contributed by atoms with Crippen LogP contribution in [0.2, 0.25) is 0 Å². The number of thiazole rings is 1. The summed E-state index contributed by atoms with van der Waals surface area (Å²) in [5, 5.41) is 10.2. The molecule has 18 heavy (non-hydrogen) atoms. The van der Waals surface area contributed by atoms with Gasteiger partial charge in [0, 0.05) is 26.1 Å². The number of ether oxygens (including phenoxy) is 1. The first-order valence-corrected chi connectivity index (χ1v) is 7.34. The minimum atomic E-state index is 0.800. The maximum absolute atomic E-state index is 9.07. The first-order chi connectivity index (χ1) is 8.83. The number of aromatic nitrogens is 1. The van der Waals surface area contributed by atoms with Gasteiger partial charge in [0.1, 0.15) is 10.9 Å². The Morgan fingerprint density at radius 3 is 2.83 bits per heavy atom. The van der Waals surface area contributed by atoms with Crippen LogP contribution in [0.25, 0.3) is 0 Å². The molecule has 0 spiro atoms. The number of nitrogens with zero attached hydrogens (tertiary/aromatic N) is 3. The molecule has 0 bridgehead atoms. The van der Waals surface area contributed by atoms with Gasteiger partial charge in [0.2, 0.25) is 0 Å². The van der Waals surface area contributed by atoms with E-state index >= 15 is 0 Å². The molecule has 98 valence electrons. The fourth-order valence-electron chi connectivity index (χ4n) is 2.08. The van der Waals surface area contributed by atoms with Crippen LogP contribution in [0, 0.1) is 11.3 Å². The van der Waals surface area contributed by atoms with Crippen LogP contribution in [0.5, 0.6) is 0 Å². The van der Waals surface area contributed by atoms with E-state index in [0.29, 0.717) is 0 Å². The Labute approximate surface area is 112 Å². The predicted octanol–water partition coefficient (Wildman–Crippen LogP) is 1.84. The molecule has 2 heterocycles. The van der Waals surface area contributed by atoms with Gasteiger partial charge in [-0.3, -0.25) is 4.90 Å². The Kier molecular flexibility index (Phi) is 5.12. The summed E-state index contributed by atoms with van der Waals surface area (Å²) < 4.78 is 5.33. The van der Waals surface area contributed by atoms with Crippen LogP contribution in [-0.4, -0.2) is 42.7 Å². The van der Waals surface area contributed by atoms with Gasteiger partial charge >= 0.3 is 0 Å². The first-order valence-electron chi connectivity index (χ1n) is 6.52. The molecular formula is C13H19N3OS. The van der Waals surface area contributed by atoms with E-state index in [-0.39, 0.29) is 0 Å². The summed E-state index contributed by atoms with van der Waals surface area (Å²) in [5.41, 5.74) is 0.988. The van der Waals surface area contributed by atoms with Crippen molar-refractivity contribution in [1.29, 1.82) is 5.26 Å². The maximum atomic E-state index is 9.07. The Hall–Kier alpha value is -0.960. The molecule has 0 saturated carbocycles. The molecule has 4 nitrogen and oxygen atoms in total. The van der Waals surface area contributed by atoms with E-state index in [4.69, 9.17) is 10.00 Å². The maximum Gasteiger partial charge on any atom is 0.128 e. The molecule has 1 aliphatic heterocycles. The Balaban J connectivity index is 1.90. The van der Waals surface area contributed by atoms with Gasteiger partial charge in [-0.25, -0.2) is 4.98 Å². The van der Waals surface area contributed by atoms with Crippen molar-refractivity contribution in [2.75, 3.05) is 32.8 Å². The van der Waals surface area contributed by atoms with Crippen LogP contribution in [-0.2, 0) is 17.6 Å². The zero-order chi connectivity index (χ0) is 12.8. The highest BCUT2D eigenvalue weighted by Crippen LogP contribution is 2.19. The van der Waals surface area contributed by atoms with Crippen molar-refractivity contribution < 1.29 is 4.74 Å². The molecule has 5 heteroatoms. The Bertz CT molecular complexity index is 418. The highest BCUT2D eigenvalue weighted by Gasteiger charge is 2.13. The number of aryl methyl sites for hydroxylation is 1. The second kappa shape index (κ2) is 6.83. The highest BCUT2D eigenvalue weighted by molar-refractivity contribution is 7.12. The van der Waals surface area contributed by atoms with Gasteiger partial charge in [-0.2, -0.15) is 5.26 Å². The zero-order valence-corrected chi connectivity index (χ0v) is 11.6. The van der Waals surface area contributed by atoms with E-state index in [9.17, 15) is 0 Å². The molecule has 1 aromatic rings. The van der Waals surface area contributed by atoms with Gasteiger partial charge in [-0.1, -0.05) is 13.3 Å². The molecule has 2 rings (SSSR count). The van der Waals surface area contributed by atoms with Gasteiger partial charge in [0.15, 0.2) is 0 Å². The molecule has 1 fully saturated rings. The largest absolute Gasteiger partial charge is 0.379 e. The molecule has 1 aromatic heterocycles. The van der Waals surface area contributed by atoms with Crippen LogP contribution >= 0.6 is 11.3 Å². The first kappa shape index (κ1) is 13.5. The van der Waals surface area contributed by atoms with E-state index < -0.39 is 0 Å². The van der Waals surface area contributed by atoms with E-state index in [1.54, 1.807) is 11.3 Å². The van der Waals surface area contributed by atoms with E-state index in [1.165, 1.54) is 0 Å². The lowest BCUT2D eigenvalue weighted by Gasteiger charge is -2.25.